The van der Waals surface area contributed by atoms with Crippen molar-refractivity contribution in [3.8, 4) is 28.1 Å². The Hall–Kier alpha value is -4.42. The van der Waals surface area contributed by atoms with Gasteiger partial charge in [-0.25, -0.2) is 4.79 Å². The van der Waals surface area contributed by atoms with Crippen LogP contribution in [0.25, 0.3) is 34.0 Å². The number of nitrogens with one attached hydrogen (secondary N) is 1. The fraction of sp³-hybridized carbons (Fsp3) is 0.0357. The summed E-state index contributed by atoms with van der Waals surface area (Å²) in [4.78, 5) is 28.8. The molecule has 0 bridgehead atoms. The molecule has 0 fully saturated rings. The molecule has 0 aliphatic carbocycles. The summed E-state index contributed by atoms with van der Waals surface area (Å²) in [6.45, 7) is 1.73. The summed E-state index contributed by atoms with van der Waals surface area (Å²) in [7, 11) is 0. The number of para-hydroxylation sites is 1. The number of rotatable bonds is 4. The molecule has 1 aliphatic rings. The van der Waals surface area contributed by atoms with Crippen LogP contribution >= 0.6 is 11.6 Å². The Labute approximate surface area is 206 Å². The van der Waals surface area contributed by atoms with Crippen molar-refractivity contribution in [3.63, 3.8) is 0 Å². The number of hydrogen-bond donors (Lipinski definition) is 3. The first-order chi connectivity index (χ1) is 16.8. The highest BCUT2D eigenvalue weighted by atomic mass is 35.5. The van der Waals surface area contributed by atoms with E-state index >= 15 is 0 Å². The van der Waals surface area contributed by atoms with E-state index in [-0.39, 0.29) is 17.2 Å². The van der Waals surface area contributed by atoms with E-state index in [2.05, 4.69) is 10.3 Å². The molecule has 4 aromatic rings. The number of aromatic carboxylic acids is 1. The SMILES string of the molecule is Cc1ccc(/C=C2\C(=O)Nc3cc(Cl)c(-c4ccc(-c5ccccc5O)cn4)cc32)cc1C(=O)O. The van der Waals surface area contributed by atoms with Crippen molar-refractivity contribution in [2.24, 2.45) is 0 Å². The molecule has 5 rings (SSSR count). The van der Waals surface area contributed by atoms with Crippen molar-refractivity contribution in [2.75, 3.05) is 5.32 Å². The zero-order valence-corrected chi connectivity index (χ0v) is 19.3. The highest BCUT2D eigenvalue weighted by molar-refractivity contribution is 6.38. The molecule has 7 heteroatoms. The van der Waals surface area contributed by atoms with E-state index in [1.54, 1.807) is 61.7 Å². The molecule has 0 saturated heterocycles. The lowest BCUT2D eigenvalue weighted by Gasteiger charge is -2.09. The number of fused-ring (bicyclic) bond motifs is 1. The topological polar surface area (TPSA) is 99.5 Å². The number of hydrogen-bond acceptors (Lipinski definition) is 4. The largest absolute Gasteiger partial charge is 0.507 e. The molecule has 0 spiro atoms. The predicted molar refractivity (Wildman–Crippen MR) is 136 cm³/mol. The van der Waals surface area contributed by atoms with Crippen LogP contribution in [0.4, 0.5) is 5.69 Å². The molecule has 0 saturated carbocycles. The maximum Gasteiger partial charge on any atom is 0.335 e. The summed E-state index contributed by atoms with van der Waals surface area (Å²) < 4.78 is 0. The number of aromatic hydroxyl groups is 1. The molecule has 0 radical (unpaired) electrons. The lowest BCUT2D eigenvalue weighted by atomic mass is 9.98. The number of phenols is 1. The molecular formula is C28H19ClN2O4. The number of nitrogens with zero attached hydrogens (tertiary/aromatic N) is 1. The standard InChI is InChI=1S/C28H19ClN2O4/c1-15-6-7-16(10-19(15)28(34)35)11-21-20-12-22(23(29)13-25(20)31-27(21)33)24-9-8-17(14-30-24)18-4-2-3-5-26(18)32/h2-14,32H,1H3,(H,31,33)(H,34,35)/b21-11-. The molecule has 1 aliphatic heterocycles. The van der Waals surface area contributed by atoms with Gasteiger partial charge >= 0.3 is 5.97 Å². The molecule has 0 atom stereocenters. The lowest BCUT2D eigenvalue weighted by Crippen LogP contribution is -2.04. The van der Waals surface area contributed by atoms with E-state index in [0.29, 0.717) is 49.8 Å². The van der Waals surface area contributed by atoms with Gasteiger partial charge in [0.1, 0.15) is 5.75 Å². The van der Waals surface area contributed by atoms with Crippen LogP contribution in [0.15, 0.2) is 72.9 Å². The number of aromatic nitrogens is 1. The van der Waals surface area contributed by atoms with Gasteiger partial charge in [0.2, 0.25) is 0 Å². The molecule has 3 aromatic carbocycles. The number of anilines is 1. The number of pyridine rings is 1. The molecule has 2 heterocycles. The van der Waals surface area contributed by atoms with Crippen LogP contribution in [-0.2, 0) is 4.79 Å². The van der Waals surface area contributed by atoms with Gasteiger partial charge in [-0.15, -0.1) is 0 Å². The van der Waals surface area contributed by atoms with Gasteiger partial charge in [0.25, 0.3) is 5.91 Å². The van der Waals surface area contributed by atoms with Crippen LogP contribution in [0, 0.1) is 6.92 Å². The second kappa shape index (κ2) is 8.74. The highest BCUT2D eigenvalue weighted by Gasteiger charge is 2.26. The van der Waals surface area contributed by atoms with Gasteiger partial charge in [0.05, 0.1) is 22.0 Å². The molecule has 1 amide bonds. The number of halogens is 1. The summed E-state index contributed by atoms with van der Waals surface area (Å²) in [6.07, 6.45) is 3.33. The van der Waals surface area contributed by atoms with Gasteiger partial charge in [-0.3, -0.25) is 9.78 Å². The van der Waals surface area contributed by atoms with Crippen LogP contribution in [0.1, 0.15) is 27.0 Å². The number of carbonyl (C=O) groups excluding carboxylic acids is 1. The van der Waals surface area contributed by atoms with Crippen LogP contribution in [-0.4, -0.2) is 27.1 Å². The maximum absolute atomic E-state index is 12.7. The molecular weight excluding hydrogens is 464 g/mol. The molecule has 1 aromatic heterocycles. The molecule has 6 nitrogen and oxygen atoms in total. The van der Waals surface area contributed by atoms with Gasteiger partial charge in [-0.05, 0) is 54.5 Å². The number of carboxylic acid groups (broad SMARTS) is 1. The third-order valence-corrected chi connectivity index (χ3v) is 6.26. The van der Waals surface area contributed by atoms with Crippen molar-refractivity contribution in [3.05, 3.63) is 100 Å². The molecule has 172 valence electrons. The van der Waals surface area contributed by atoms with E-state index in [9.17, 15) is 19.8 Å². The number of aryl methyl sites for hydroxylation is 1. The Bertz CT molecular complexity index is 1540. The van der Waals surface area contributed by atoms with E-state index < -0.39 is 5.97 Å². The molecule has 0 unspecified atom stereocenters. The van der Waals surface area contributed by atoms with E-state index in [1.165, 1.54) is 0 Å². The number of carbonyl (C=O) groups is 2. The normalized spacial score (nSPS) is 13.5. The third kappa shape index (κ3) is 4.16. The minimum absolute atomic E-state index is 0.166. The minimum atomic E-state index is -1.02. The summed E-state index contributed by atoms with van der Waals surface area (Å²) >= 11 is 6.54. The Morgan fingerprint density at radius 2 is 1.80 bits per heavy atom. The summed E-state index contributed by atoms with van der Waals surface area (Å²) in [5.41, 5.74) is 5.75. The summed E-state index contributed by atoms with van der Waals surface area (Å²) in [6, 6.07) is 19.2. The number of amides is 1. The average Bonchev–Trinajstić information content (AvgIpc) is 3.13. The van der Waals surface area contributed by atoms with Gasteiger partial charge < -0.3 is 15.5 Å². The first-order valence-electron chi connectivity index (χ1n) is 10.8. The highest BCUT2D eigenvalue weighted by Crippen LogP contribution is 2.40. The second-order valence-electron chi connectivity index (χ2n) is 8.22. The predicted octanol–water partition coefficient (Wildman–Crippen LogP) is 6.27. The Kier molecular flexibility index (Phi) is 5.59. The minimum Gasteiger partial charge on any atom is -0.507 e. The zero-order chi connectivity index (χ0) is 24.7. The Balaban J connectivity index is 1.55. The van der Waals surface area contributed by atoms with Crippen LogP contribution in [0.3, 0.4) is 0 Å². The van der Waals surface area contributed by atoms with Crippen molar-refractivity contribution < 1.29 is 19.8 Å². The van der Waals surface area contributed by atoms with Gasteiger partial charge in [-0.2, -0.15) is 0 Å². The van der Waals surface area contributed by atoms with Crippen molar-refractivity contribution >= 4 is 40.8 Å². The fourth-order valence-corrected chi connectivity index (χ4v) is 4.37. The third-order valence-electron chi connectivity index (χ3n) is 5.95. The Morgan fingerprint density at radius 3 is 2.51 bits per heavy atom. The average molecular weight is 483 g/mol. The molecule has 3 N–H and O–H groups in total. The maximum atomic E-state index is 12.7. The molecule has 35 heavy (non-hydrogen) atoms. The lowest BCUT2D eigenvalue weighted by molar-refractivity contribution is -0.110. The van der Waals surface area contributed by atoms with Crippen molar-refractivity contribution in [1.82, 2.24) is 4.98 Å². The first-order valence-corrected chi connectivity index (χ1v) is 11.2. The van der Waals surface area contributed by atoms with E-state index in [1.807, 2.05) is 24.3 Å². The van der Waals surface area contributed by atoms with Crippen LogP contribution in [0.5, 0.6) is 5.75 Å². The Morgan fingerprint density at radius 1 is 1.00 bits per heavy atom. The monoisotopic (exact) mass is 482 g/mol. The van der Waals surface area contributed by atoms with E-state index in [4.69, 9.17) is 11.6 Å². The fourth-order valence-electron chi connectivity index (χ4n) is 4.11. The second-order valence-corrected chi connectivity index (χ2v) is 8.63. The van der Waals surface area contributed by atoms with Crippen LogP contribution in [0.2, 0.25) is 5.02 Å². The first kappa shape index (κ1) is 22.4. The van der Waals surface area contributed by atoms with E-state index in [0.717, 1.165) is 5.56 Å². The van der Waals surface area contributed by atoms with Crippen LogP contribution < -0.4 is 5.32 Å². The van der Waals surface area contributed by atoms with Gasteiger partial charge in [-0.1, -0.05) is 48.0 Å². The smallest absolute Gasteiger partial charge is 0.335 e. The van der Waals surface area contributed by atoms with Gasteiger partial charge in [0.15, 0.2) is 0 Å². The van der Waals surface area contributed by atoms with Crippen molar-refractivity contribution in [2.45, 2.75) is 6.92 Å². The summed E-state index contributed by atoms with van der Waals surface area (Å²) in [5.74, 6) is -1.15. The summed E-state index contributed by atoms with van der Waals surface area (Å²) in [5, 5.41) is 22.8. The number of phenolic OH excluding ortho intramolecular Hbond substituents is 1. The van der Waals surface area contributed by atoms with Crippen molar-refractivity contribution in [1.29, 1.82) is 0 Å². The number of carboxylic acids is 1. The quantitative estimate of drug-likeness (QED) is 0.297. The zero-order valence-electron chi connectivity index (χ0n) is 18.5. The number of benzene rings is 3. The van der Waals surface area contributed by atoms with Gasteiger partial charge in [0, 0.05) is 34.0 Å².